The van der Waals surface area contributed by atoms with Gasteiger partial charge in [0.2, 0.25) is 0 Å². The summed E-state index contributed by atoms with van der Waals surface area (Å²) in [5.41, 5.74) is 0.819. The molecule has 0 bridgehead atoms. The third-order valence-electron chi connectivity index (χ3n) is 1.94. The number of methoxy groups -OCH3 is 1. The summed E-state index contributed by atoms with van der Waals surface area (Å²) in [6, 6.07) is 0. The first-order valence-corrected chi connectivity index (χ1v) is 7.59. The highest BCUT2D eigenvalue weighted by Crippen LogP contribution is 2.46. The van der Waals surface area contributed by atoms with Gasteiger partial charge < -0.3 is 9.47 Å². The van der Waals surface area contributed by atoms with Crippen LogP contribution in [0.2, 0.25) is 0 Å². The van der Waals surface area contributed by atoms with Gasteiger partial charge >= 0.3 is 5.97 Å². The second kappa shape index (κ2) is 6.54. The zero-order valence-electron chi connectivity index (χ0n) is 8.94. The summed E-state index contributed by atoms with van der Waals surface area (Å²) in [7, 11) is 1.58. The number of halogens is 4. The molecule has 1 rings (SSSR count). The molecule has 17 heavy (non-hydrogen) atoms. The van der Waals surface area contributed by atoms with Gasteiger partial charge in [0, 0.05) is 21.4 Å². The summed E-state index contributed by atoms with van der Waals surface area (Å²) >= 11 is 13.7. The van der Waals surface area contributed by atoms with Gasteiger partial charge in [0.15, 0.2) is 0 Å². The van der Waals surface area contributed by atoms with E-state index in [2.05, 4.69) is 63.7 Å². The number of esters is 1. The molecule has 0 atom stereocenters. The predicted octanol–water partition coefficient (Wildman–Crippen LogP) is 4.81. The van der Waals surface area contributed by atoms with E-state index in [1.165, 1.54) is 6.92 Å². The second-order valence-electron chi connectivity index (χ2n) is 3.05. The Bertz CT molecular complexity index is 430. The Morgan fingerprint density at radius 3 is 1.88 bits per heavy atom. The van der Waals surface area contributed by atoms with Crippen LogP contribution in [-0.2, 0) is 16.1 Å². The summed E-state index contributed by atoms with van der Waals surface area (Å²) in [4.78, 5) is 10.8. The largest absolute Gasteiger partial charge is 0.494 e. The molecule has 0 aliphatic rings. The highest BCUT2D eigenvalue weighted by molar-refractivity contribution is 9.14. The molecule has 0 aliphatic carbocycles. The van der Waals surface area contributed by atoms with Gasteiger partial charge in [0.25, 0.3) is 0 Å². The highest BCUT2D eigenvalue weighted by atomic mass is 79.9. The quantitative estimate of drug-likeness (QED) is 0.446. The fourth-order valence-corrected chi connectivity index (χ4v) is 3.85. The van der Waals surface area contributed by atoms with Crippen molar-refractivity contribution in [2.24, 2.45) is 0 Å². The fourth-order valence-electron chi connectivity index (χ4n) is 1.14. The minimum absolute atomic E-state index is 0.178. The number of ether oxygens (including phenoxy) is 2. The van der Waals surface area contributed by atoms with Crippen LogP contribution in [-0.4, -0.2) is 13.1 Å². The molecule has 7 heteroatoms. The molecule has 0 saturated carbocycles. The number of rotatable bonds is 3. The molecule has 0 aromatic heterocycles. The molecule has 0 heterocycles. The van der Waals surface area contributed by atoms with Crippen molar-refractivity contribution >= 4 is 69.7 Å². The number of carbonyl (C=O) groups is 1. The van der Waals surface area contributed by atoms with E-state index in [1.54, 1.807) is 7.11 Å². The summed E-state index contributed by atoms with van der Waals surface area (Å²) in [6.45, 7) is 1.55. The topological polar surface area (TPSA) is 35.5 Å². The number of benzene rings is 1. The third-order valence-corrected chi connectivity index (χ3v) is 6.27. The first-order chi connectivity index (χ1) is 7.90. The Morgan fingerprint density at radius 2 is 1.53 bits per heavy atom. The molecule has 1 aromatic rings. The van der Waals surface area contributed by atoms with E-state index in [9.17, 15) is 4.79 Å². The van der Waals surface area contributed by atoms with E-state index in [-0.39, 0.29) is 12.6 Å². The van der Waals surface area contributed by atoms with Crippen molar-refractivity contribution in [3.05, 3.63) is 23.5 Å². The maximum atomic E-state index is 10.8. The minimum atomic E-state index is -0.327. The smallest absolute Gasteiger partial charge is 0.302 e. The number of carbonyl (C=O) groups excluding carboxylic acids is 1. The molecule has 0 amide bonds. The van der Waals surface area contributed by atoms with Crippen molar-refractivity contribution < 1.29 is 14.3 Å². The Hall–Kier alpha value is 0.410. The standard InChI is InChI=1S/C10H8Br4O3/c1-4(15)17-3-5-6(11)8(13)10(16-2)9(14)7(5)12/h3H2,1-2H3. The van der Waals surface area contributed by atoms with Crippen LogP contribution in [0.1, 0.15) is 12.5 Å². The van der Waals surface area contributed by atoms with Gasteiger partial charge in [-0.3, -0.25) is 4.79 Å². The summed E-state index contributed by atoms with van der Waals surface area (Å²) in [5, 5.41) is 0. The van der Waals surface area contributed by atoms with Gasteiger partial charge in [0.1, 0.15) is 12.4 Å². The average Bonchev–Trinajstić information content (AvgIpc) is 2.27. The SMILES string of the molecule is COc1c(Br)c(Br)c(COC(C)=O)c(Br)c1Br. The van der Waals surface area contributed by atoms with Gasteiger partial charge in [-0.25, -0.2) is 0 Å². The van der Waals surface area contributed by atoms with Crippen LogP contribution in [0, 0.1) is 0 Å². The van der Waals surface area contributed by atoms with Crippen LogP contribution in [0.25, 0.3) is 0 Å². The maximum absolute atomic E-state index is 10.8. The van der Waals surface area contributed by atoms with Crippen LogP contribution >= 0.6 is 63.7 Å². The van der Waals surface area contributed by atoms with Crippen molar-refractivity contribution in [3.63, 3.8) is 0 Å². The lowest BCUT2D eigenvalue weighted by Gasteiger charge is -2.15. The fraction of sp³-hybridized carbons (Fsp3) is 0.300. The maximum Gasteiger partial charge on any atom is 0.302 e. The van der Waals surface area contributed by atoms with Crippen LogP contribution in [0.4, 0.5) is 0 Å². The molecule has 0 spiro atoms. The van der Waals surface area contributed by atoms with Crippen molar-refractivity contribution in [2.45, 2.75) is 13.5 Å². The molecular weight excluding hydrogens is 488 g/mol. The molecule has 1 aromatic carbocycles. The van der Waals surface area contributed by atoms with Gasteiger partial charge in [-0.05, 0) is 63.7 Å². The van der Waals surface area contributed by atoms with Gasteiger partial charge in [0.05, 0.1) is 16.1 Å². The number of hydrogen-bond donors (Lipinski definition) is 0. The molecule has 94 valence electrons. The molecule has 0 radical (unpaired) electrons. The van der Waals surface area contributed by atoms with Gasteiger partial charge in [-0.1, -0.05) is 0 Å². The van der Waals surface area contributed by atoms with Crippen LogP contribution in [0.15, 0.2) is 17.9 Å². The first-order valence-electron chi connectivity index (χ1n) is 4.42. The predicted molar refractivity (Wildman–Crippen MR) is 79.3 cm³/mol. The van der Waals surface area contributed by atoms with E-state index >= 15 is 0 Å². The molecule has 0 aliphatic heterocycles. The molecule has 3 nitrogen and oxygen atoms in total. The van der Waals surface area contributed by atoms with Crippen molar-refractivity contribution in [1.82, 2.24) is 0 Å². The van der Waals surface area contributed by atoms with E-state index in [0.717, 1.165) is 23.5 Å². The van der Waals surface area contributed by atoms with Crippen molar-refractivity contribution in [3.8, 4) is 5.75 Å². The molecule has 0 unspecified atom stereocenters. The normalized spacial score (nSPS) is 10.2. The zero-order chi connectivity index (χ0) is 13.2. The van der Waals surface area contributed by atoms with Gasteiger partial charge in [-0.2, -0.15) is 0 Å². The summed E-state index contributed by atoms with van der Waals surface area (Å²) in [6.07, 6.45) is 0. The van der Waals surface area contributed by atoms with E-state index in [0.29, 0.717) is 5.75 Å². The Morgan fingerprint density at radius 1 is 1.06 bits per heavy atom. The third kappa shape index (κ3) is 3.45. The van der Waals surface area contributed by atoms with Crippen LogP contribution in [0.3, 0.4) is 0 Å². The average molecular weight is 496 g/mol. The highest BCUT2D eigenvalue weighted by Gasteiger charge is 2.20. The Balaban J connectivity index is 3.27. The second-order valence-corrected chi connectivity index (χ2v) is 6.22. The Kier molecular flexibility index (Phi) is 5.95. The van der Waals surface area contributed by atoms with Crippen molar-refractivity contribution in [1.29, 1.82) is 0 Å². The van der Waals surface area contributed by atoms with E-state index in [4.69, 9.17) is 9.47 Å². The monoisotopic (exact) mass is 492 g/mol. The lowest BCUT2D eigenvalue weighted by molar-refractivity contribution is -0.142. The molecule has 0 saturated heterocycles. The lowest BCUT2D eigenvalue weighted by Crippen LogP contribution is -2.02. The van der Waals surface area contributed by atoms with Gasteiger partial charge in [-0.15, -0.1) is 0 Å². The van der Waals surface area contributed by atoms with E-state index < -0.39 is 0 Å². The zero-order valence-corrected chi connectivity index (χ0v) is 15.3. The minimum Gasteiger partial charge on any atom is -0.494 e. The number of hydrogen-bond acceptors (Lipinski definition) is 3. The molecular formula is C10H8Br4O3. The Labute approximate surface area is 133 Å². The lowest BCUT2D eigenvalue weighted by atomic mass is 10.2. The van der Waals surface area contributed by atoms with Crippen LogP contribution < -0.4 is 4.74 Å². The van der Waals surface area contributed by atoms with Crippen LogP contribution in [0.5, 0.6) is 5.75 Å². The summed E-state index contributed by atoms with van der Waals surface area (Å²) in [5.74, 6) is 0.335. The van der Waals surface area contributed by atoms with Crippen molar-refractivity contribution in [2.75, 3.05) is 7.11 Å². The first kappa shape index (κ1) is 15.5. The molecule has 0 fully saturated rings. The summed E-state index contributed by atoms with van der Waals surface area (Å²) < 4.78 is 13.3. The van der Waals surface area contributed by atoms with E-state index in [1.807, 2.05) is 0 Å². The molecule has 0 N–H and O–H groups in total.